The number of likely N-dealkylation sites (N-methyl/N-ethyl adjacent to an activating group) is 1. The lowest BCUT2D eigenvalue weighted by molar-refractivity contribution is -0.153. The molecule has 1 amide bonds. The van der Waals surface area contributed by atoms with Gasteiger partial charge in [0.2, 0.25) is 17.3 Å². The van der Waals surface area contributed by atoms with Crippen molar-refractivity contribution >= 4 is 34.7 Å². The van der Waals surface area contributed by atoms with E-state index in [4.69, 9.17) is 10.3 Å². The van der Waals surface area contributed by atoms with Crippen LogP contribution in [0.4, 0.5) is 5.69 Å². The molecule has 222 valence electrons. The van der Waals surface area contributed by atoms with E-state index in [2.05, 4.69) is 5.16 Å². The molecule has 0 aliphatic heterocycles. The second kappa shape index (κ2) is 10.1. The molecule has 1 saturated carbocycles. The maximum absolute atomic E-state index is 14.1. The minimum atomic E-state index is -2.72. The number of aliphatic hydroxyl groups is 3. The lowest BCUT2D eigenvalue weighted by Crippen LogP contribution is -2.65. The Balaban J connectivity index is 1.65. The highest BCUT2D eigenvalue weighted by Crippen LogP contribution is 2.54. The molecular formula is C29H32N4O9. The van der Waals surface area contributed by atoms with Crippen molar-refractivity contribution in [2.75, 3.05) is 33.1 Å². The Bertz CT molecular complexity index is 1590. The van der Waals surface area contributed by atoms with Crippen LogP contribution in [0.15, 0.2) is 39.8 Å². The monoisotopic (exact) mass is 580 g/mol. The van der Waals surface area contributed by atoms with Crippen LogP contribution in [0.5, 0.6) is 5.75 Å². The van der Waals surface area contributed by atoms with Crippen LogP contribution in [0.2, 0.25) is 0 Å². The van der Waals surface area contributed by atoms with Gasteiger partial charge in [0.05, 0.1) is 17.8 Å². The molecule has 3 aliphatic rings. The summed E-state index contributed by atoms with van der Waals surface area (Å²) in [4.78, 5) is 55.2. The van der Waals surface area contributed by atoms with Crippen molar-refractivity contribution in [1.29, 1.82) is 0 Å². The van der Waals surface area contributed by atoms with Gasteiger partial charge in [0, 0.05) is 43.8 Å². The van der Waals surface area contributed by atoms with Crippen LogP contribution < -0.4 is 10.6 Å². The number of phenols is 1. The fourth-order valence-corrected chi connectivity index (χ4v) is 6.67. The molecule has 1 heterocycles. The SMILES string of the molecule is CN(C)c1cc(CCC(=O)c2ccno2)c(O)c2c1C[C@@H]1C[C@@H]3C(N(C)C)C(=O)C(C(N)=O)=C(O)[C@]3(O)C(=O)C1=C2O. The molecule has 6 N–H and O–H groups in total. The number of phenolic OH excluding ortho intramolecular Hbond substituents is 1. The van der Waals surface area contributed by atoms with Crippen molar-refractivity contribution in [3.63, 3.8) is 0 Å². The number of ketones is 3. The lowest BCUT2D eigenvalue weighted by atomic mass is 9.57. The molecule has 0 radical (unpaired) electrons. The summed E-state index contributed by atoms with van der Waals surface area (Å²) < 4.78 is 4.91. The number of carbonyl (C=O) groups is 4. The van der Waals surface area contributed by atoms with Gasteiger partial charge in [0.15, 0.2) is 11.4 Å². The Labute approximate surface area is 240 Å². The van der Waals surface area contributed by atoms with Crippen LogP contribution in [-0.2, 0) is 27.2 Å². The van der Waals surface area contributed by atoms with Crippen molar-refractivity contribution < 1.29 is 44.1 Å². The minimum absolute atomic E-state index is 0.00711. The van der Waals surface area contributed by atoms with E-state index in [0.717, 1.165) is 0 Å². The summed E-state index contributed by atoms with van der Waals surface area (Å²) >= 11 is 0. The normalized spacial score (nSPS) is 25.3. The molecule has 13 heteroatoms. The summed E-state index contributed by atoms with van der Waals surface area (Å²) in [5.41, 5.74) is 3.01. The zero-order chi connectivity index (χ0) is 30.8. The largest absolute Gasteiger partial charge is 0.508 e. The van der Waals surface area contributed by atoms with Gasteiger partial charge in [0.1, 0.15) is 22.8 Å². The quantitative estimate of drug-likeness (QED) is 0.228. The molecule has 1 aromatic heterocycles. The third kappa shape index (κ3) is 4.10. The highest BCUT2D eigenvalue weighted by atomic mass is 16.5. The van der Waals surface area contributed by atoms with Crippen molar-refractivity contribution in [2.24, 2.45) is 17.6 Å². The van der Waals surface area contributed by atoms with Crippen molar-refractivity contribution in [3.8, 4) is 5.75 Å². The first kappa shape index (κ1) is 29.0. The summed E-state index contributed by atoms with van der Waals surface area (Å²) in [7, 11) is 6.63. The maximum Gasteiger partial charge on any atom is 0.255 e. The predicted molar refractivity (Wildman–Crippen MR) is 148 cm³/mol. The number of aliphatic hydroxyl groups excluding tert-OH is 2. The van der Waals surface area contributed by atoms with Crippen LogP contribution >= 0.6 is 0 Å². The van der Waals surface area contributed by atoms with Crippen LogP contribution in [0.25, 0.3) is 5.76 Å². The van der Waals surface area contributed by atoms with Crippen LogP contribution in [0, 0.1) is 11.8 Å². The van der Waals surface area contributed by atoms with E-state index in [1.165, 1.54) is 17.2 Å². The van der Waals surface area contributed by atoms with E-state index in [1.54, 1.807) is 39.2 Å². The third-order valence-corrected chi connectivity index (χ3v) is 8.59. The molecule has 5 rings (SSSR count). The van der Waals surface area contributed by atoms with Gasteiger partial charge in [0.25, 0.3) is 5.91 Å². The molecule has 0 spiro atoms. The number of nitrogens with two attached hydrogens (primary N) is 1. The lowest BCUT2D eigenvalue weighted by Gasteiger charge is -2.50. The Morgan fingerprint density at radius 3 is 2.43 bits per heavy atom. The van der Waals surface area contributed by atoms with Gasteiger partial charge in [-0.25, -0.2) is 0 Å². The van der Waals surface area contributed by atoms with E-state index in [0.29, 0.717) is 16.8 Å². The molecule has 4 atom stereocenters. The number of anilines is 1. The summed E-state index contributed by atoms with van der Waals surface area (Å²) in [5, 5.41) is 49.2. The number of fused-ring (bicyclic) bond motifs is 3. The van der Waals surface area contributed by atoms with Gasteiger partial charge >= 0.3 is 0 Å². The highest BCUT2D eigenvalue weighted by molar-refractivity contribution is 6.24. The van der Waals surface area contributed by atoms with E-state index >= 15 is 0 Å². The van der Waals surface area contributed by atoms with E-state index < -0.39 is 58.0 Å². The fourth-order valence-electron chi connectivity index (χ4n) is 6.67. The Kier molecular flexibility index (Phi) is 6.98. The zero-order valence-corrected chi connectivity index (χ0v) is 23.5. The molecule has 2 aromatic rings. The van der Waals surface area contributed by atoms with E-state index in [1.807, 2.05) is 0 Å². The minimum Gasteiger partial charge on any atom is -0.508 e. The predicted octanol–water partition coefficient (Wildman–Crippen LogP) is 0.834. The number of Topliss-reactive ketones (excluding diaryl/α,β-unsaturated/α-hetero) is 3. The molecule has 13 nitrogen and oxygen atoms in total. The van der Waals surface area contributed by atoms with Gasteiger partial charge in [-0.3, -0.25) is 24.1 Å². The number of hydrogen-bond donors (Lipinski definition) is 5. The summed E-state index contributed by atoms with van der Waals surface area (Å²) in [6.45, 7) is 0. The Morgan fingerprint density at radius 2 is 1.86 bits per heavy atom. The number of aryl methyl sites for hydroxylation is 1. The second-order valence-electron chi connectivity index (χ2n) is 11.4. The van der Waals surface area contributed by atoms with Crippen molar-refractivity contribution in [2.45, 2.75) is 37.3 Å². The molecule has 42 heavy (non-hydrogen) atoms. The molecule has 0 saturated heterocycles. The zero-order valence-electron chi connectivity index (χ0n) is 23.5. The average molecular weight is 581 g/mol. The average Bonchev–Trinajstić information content (AvgIpc) is 3.45. The fraction of sp³-hybridized carbons (Fsp3) is 0.414. The van der Waals surface area contributed by atoms with Gasteiger partial charge in [-0.2, -0.15) is 0 Å². The molecular weight excluding hydrogens is 548 g/mol. The number of rotatable bonds is 7. The van der Waals surface area contributed by atoms with Crippen molar-refractivity contribution in [1.82, 2.24) is 10.1 Å². The topological polar surface area (TPSA) is 208 Å². The van der Waals surface area contributed by atoms with Crippen LogP contribution in [0.3, 0.4) is 0 Å². The summed E-state index contributed by atoms with van der Waals surface area (Å²) in [6, 6.07) is 1.98. The number of aromatic nitrogens is 1. The van der Waals surface area contributed by atoms with Crippen LogP contribution in [0.1, 0.15) is 40.1 Å². The summed E-state index contributed by atoms with van der Waals surface area (Å²) in [6.07, 6.45) is 1.53. The Hall–Kier alpha value is -4.49. The van der Waals surface area contributed by atoms with E-state index in [-0.39, 0.29) is 54.1 Å². The number of aromatic hydroxyl groups is 1. The first-order valence-corrected chi connectivity index (χ1v) is 13.3. The molecule has 1 aromatic carbocycles. The number of carbonyl (C=O) groups excluding carboxylic acids is 4. The van der Waals surface area contributed by atoms with Crippen LogP contribution in [-0.4, -0.2) is 93.6 Å². The molecule has 1 unspecified atom stereocenters. The number of amides is 1. The Morgan fingerprint density at radius 1 is 1.17 bits per heavy atom. The molecule has 1 fully saturated rings. The number of primary amides is 1. The first-order chi connectivity index (χ1) is 19.7. The number of benzene rings is 1. The molecule has 0 bridgehead atoms. The highest BCUT2D eigenvalue weighted by Gasteiger charge is 2.64. The molecule has 3 aliphatic carbocycles. The number of hydrogen-bond acceptors (Lipinski definition) is 12. The smallest absolute Gasteiger partial charge is 0.255 e. The summed E-state index contributed by atoms with van der Waals surface area (Å²) in [5.74, 6) is -7.38. The third-order valence-electron chi connectivity index (χ3n) is 8.59. The standard InChI is InChI=1S/C29H32N4O9/c1-32(2)16-11-12(5-6-17(34)18-7-8-31-42-18)23(35)20-14(16)9-13-10-15-22(33(3)4)25(37)21(28(30)40)27(39)29(15,41)26(38)19(13)24(20)36/h7-8,11,13,15,22,35-36,39,41H,5-6,9-10H2,1-4H3,(H2,30,40)/t13-,15-,22?,29-/m1/s1. The van der Waals surface area contributed by atoms with Crippen molar-refractivity contribution in [3.05, 3.63) is 57.7 Å². The first-order valence-electron chi connectivity index (χ1n) is 13.3. The van der Waals surface area contributed by atoms with Gasteiger partial charge < -0.3 is 35.6 Å². The number of nitrogens with zero attached hydrogens (tertiary/aromatic N) is 3. The van der Waals surface area contributed by atoms with Gasteiger partial charge in [-0.1, -0.05) is 5.16 Å². The van der Waals surface area contributed by atoms with E-state index in [9.17, 15) is 39.6 Å². The van der Waals surface area contributed by atoms with Gasteiger partial charge in [-0.15, -0.1) is 0 Å². The maximum atomic E-state index is 14.1. The second-order valence-corrected chi connectivity index (χ2v) is 11.4. The van der Waals surface area contributed by atoms with Gasteiger partial charge in [-0.05, 0) is 56.5 Å².